The van der Waals surface area contributed by atoms with Gasteiger partial charge in [0.1, 0.15) is 17.7 Å². The van der Waals surface area contributed by atoms with Gasteiger partial charge in [0.05, 0.1) is 28.0 Å². The first-order chi connectivity index (χ1) is 15.2. The average Bonchev–Trinajstić information content (AvgIpc) is 2.75. The zero-order valence-electron chi connectivity index (χ0n) is 17.1. The monoisotopic (exact) mass is 478 g/mol. The predicted octanol–water partition coefficient (Wildman–Crippen LogP) is 2.87. The standard InChI is InChI=1S/C21H20ClFN4O4S/c1-32(29,30)17-2-3-19(18(23)11-17)27-9-6-16(10-20(27)28)31-15-4-7-26(8-5-15)21-24-12-14(22)13-25-21/h2-3,6,9-13,15H,4-5,7-8H2,1H3. The van der Waals surface area contributed by atoms with Crippen molar-refractivity contribution in [3.05, 3.63) is 70.1 Å². The summed E-state index contributed by atoms with van der Waals surface area (Å²) >= 11 is 5.82. The van der Waals surface area contributed by atoms with Crippen molar-refractivity contribution >= 4 is 27.4 Å². The molecule has 0 aliphatic carbocycles. The van der Waals surface area contributed by atoms with E-state index < -0.39 is 21.2 Å². The van der Waals surface area contributed by atoms with E-state index in [-0.39, 0.29) is 16.7 Å². The van der Waals surface area contributed by atoms with Crippen LogP contribution in [0.5, 0.6) is 5.75 Å². The number of halogens is 2. The van der Waals surface area contributed by atoms with Crippen LogP contribution in [0, 0.1) is 5.82 Å². The molecule has 1 fully saturated rings. The van der Waals surface area contributed by atoms with E-state index in [2.05, 4.69) is 9.97 Å². The minimum atomic E-state index is -3.55. The number of pyridine rings is 1. The molecule has 8 nitrogen and oxygen atoms in total. The number of hydrogen-bond donors (Lipinski definition) is 0. The van der Waals surface area contributed by atoms with Crippen LogP contribution >= 0.6 is 11.6 Å². The molecule has 4 rings (SSSR count). The first-order valence-electron chi connectivity index (χ1n) is 9.82. The summed E-state index contributed by atoms with van der Waals surface area (Å²) in [5.41, 5.74) is -0.522. The summed E-state index contributed by atoms with van der Waals surface area (Å²) in [7, 11) is -3.55. The van der Waals surface area contributed by atoms with Gasteiger partial charge in [0.25, 0.3) is 5.56 Å². The molecular formula is C21H20ClFN4O4S. The Hall–Kier alpha value is -2.98. The number of sulfone groups is 1. The zero-order valence-corrected chi connectivity index (χ0v) is 18.7. The molecule has 2 aromatic heterocycles. The molecule has 0 spiro atoms. The highest BCUT2D eigenvalue weighted by Gasteiger charge is 2.22. The third-order valence-corrected chi connectivity index (χ3v) is 6.44. The SMILES string of the molecule is CS(=O)(=O)c1ccc(-n2ccc(OC3CCN(c4ncc(Cl)cn4)CC3)cc2=O)c(F)c1. The van der Waals surface area contributed by atoms with Crippen molar-refractivity contribution in [1.82, 2.24) is 14.5 Å². The highest BCUT2D eigenvalue weighted by molar-refractivity contribution is 7.90. The fourth-order valence-corrected chi connectivity index (χ4v) is 4.21. The maximum atomic E-state index is 14.4. The van der Waals surface area contributed by atoms with Gasteiger partial charge in [0.2, 0.25) is 5.95 Å². The number of piperidine rings is 1. The lowest BCUT2D eigenvalue weighted by atomic mass is 10.1. The van der Waals surface area contributed by atoms with Gasteiger partial charge in [-0.25, -0.2) is 22.8 Å². The Labute approximate surface area is 189 Å². The number of nitrogens with zero attached hydrogens (tertiary/aromatic N) is 4. The number of aromatic nitrogens is 3. The predicted molar refractivity (Wildman–Crippen MR) is 118 cm³/mol. The number of anilines is 1. The Morgan fingerprint density at radius 2 is 1.81 bits per heavy atom. The maximum absolute atomic E-state index is 14.4. The number of ether oxygens (including phenoxy) is 1. The van der Waals surface area contributed by atoms with Crippen LogP contribution in [-0.2, 0) is 9.84 Å². The van der Waals surface area contributed by atoms with Crippen molar-refractivity contribution in [3.63, 3.8) is 0 Å². The third kappa shape index (κ3) is 4.91. The number of benzene rings is 1. The summed E-state index contributed by atoms with van der Waals surface area (Å²) in [5.74, 6) is 0.195. The van der Waals surface area contributed by atoms with Crippen molar-refractivity contribution in [2.24, 2.45) is 0 Å². The number of rotatable bonds is 5. The van der Waals surface area contributed by atoms with Crippen LogP contribution in [0.25, 0.3) is 5.69 Å². The number of hydrogen-bond acceptors (Lipinski definition) is 7. The third-order valence-electron chi connectivity index (χ3n) is 5.13. The molecule has 1 aliphatic heterocycles. The van der Waals surface area contributed by atoms with Crippen molar-refractivity contribution in [2.75, 3.05) is 24.2 Å². The maximum Gasteiger partial charge on any atom is 0.258 e. The van der Waals surface area contributed by atoms with Crippen LogP contribution < -0.4 is 15.2 Å². The Kier molecular flexibility index (Phi) is 6.16. The van der Waals surface area contributed by atoms with Crippen LogP contribution in [-0.4, -0.2) is 48.4 Å². The molecule has 1 aliphatic rings. The molecule has 32 heavy (non-hydrogen) atoms. The normalized spacial score (nSPS) is 15.0. The van der Waals surface area contributed by atoms with E-state index in [1.54, 1.807) is 18.5 Å². The summed E-state index contributed by atoms with van der Waals surface area (Å²) in [6, 6.07) is 6.31. The molecule has 11 heteroatoms. The van der Waals surface area contributed by atoms with Gasteiger partial charge in [-0.3, -0.25) is 9.36 Å². The van der Waals surface area contributed by atoms with Crippen LogP contribution in [0.2, 0.25) is 5.02 Å². The van der Waals surface area contributed by atoms with Crippen LogP contribution in [0.15, 0.2) is 58.6 Å². The fraction of sp³-hybridized carbons (Fsp3) is 0.286. The van der Waals surface area contributed by atoms with Gasteiger partial charge in [-0.15, -0.1) is 0 Å². The van der Waals surface area contributed by atoms with E-state index in [0.29, 0.717) is 29.8 Å². The highest BCUT2D eigenvalue weighted by atomic mass is 35.5. The summed E-state index contributed by atoms with van der Waals surface area (Å²) in [5, 5.41) is 0.480. The lowest BCUT2D eigenvalue weighted by Gasteiger charge is -2.32. The molecule has 0 N–H and O–H groups in total. The molecular weight excluding hydrogens is 459 g/mol. The van der Waals surface area contributed by atoms with Gasteiger partial charge in [0.15, 0.2) is 9.84 Å². The van der Waals surface area contributed by atoms with Crippen LogP contribution in [0.4, 0.5) is 10.3 Å². The van der Waals surface area contributed by atoms with Gasteiger partial charge in [-0.2, -0.15) is 0 Å². The Bertz CT molecular complexity index is 1290. The molecule has 0 radical (unpaired) electrons. The van der Waals surface area contributed by atoms with E-state index in [1.807, 2.05) is 4.90 Å². The summed E-state index contributed by atoms with van der Waals surface area (Å²) < 4.78 is 44.7. The zero-order chi connectivity index (χ0) is 22.9. The van der Waals surface area contributed by atoms with Crippen LogP contribution in [0.3, 0.4) is 0 Å². The molecule has 0 atom stereocenters. The van der Waals surface area contributed by atoms with Crippen LogP contribution in [0.1, 0.15) is 12.8 Å². The minimum absolute atomic E-state index is 0.0368. The van der Waals surface area contributed by atoms with E-state index in [9.17, 15) is 17.6 Å². The first-order valence-corrected chi connectivity index (χ1v) is 12.1. The van der Waals surface area contributed by atoms with E-state index in [0.717, 1.165) is 29.7 Å². The second kappa shape index (κ2) is 8.87. The Balaban J connectivity index is 1.43. The molecule has 1 aromatic carbocycles. The van der Waals surface area contributed by atoms with Gasteiger partial charge in [-0.05, 0) is 24.3 Å². The molecule has 0 saturated carbocycles. The molecule has 0 bridgehead atoms. The molecule has 168 valence electrons. The van der Waals surface area contributed by atoms with Gasteiger partial charge in [0, 0.05) is 44.5 Å². The Morgan fingerprint density at radius 3 is 2.41 bits per heavy atom. The molecule has 0 amide bonds. The summed E-state index contributed by atoms with van der Waals surface area (Å²) in [6.07, 6.45) is 6.87. The van der Waals surface area contributed by atoms with Crippen molar-refractivity contribution in [1.29, 1.82) is 0 Å². The van der Waals surface area contributed by atoms with E-state index in [4.69, 9.17) is 16.3 Å². The lowest BCUT2D eigenvalue weighted by Crippen LogP contribution is -2.39. The Morgan fingerprint density at radius 1 is 1.12 bits per heavy atom. The second-order valence-electron chi connectivity index (χ2n) is 7.46. The molecule has 3 aromatic rings. The topological polar surface area (TPSA) is 94.4 Å². The van der Waals surface area contributed by atoms with Crippen molar-refractivity contribution in [2.45, 2.75) is 23.8 Å². The fourth-order valence-electron chi connectivity index (χ4n) is 3.48. The van der Waals surface area contributed by atoms with Crippen molar-refractivity contribution in [3.8, 4) is 11.4 Å². The van der Waals surface area contributed by atoms with E-state index in [1.165, 1.54) is 24.4 Å². The smallest absolute Gasteiger partial charge is 0.258 e. The largest absolute Gasteiger partial charge is 0.490 e. The summed E-state index contributed by atoms with van der Waals surface area (Å²) in [6.45, 7) is 1.39. The molecule has 1 saturated heterocycles. The van der Waals surface area contributed by atoms with Gasteiger partial charge in [-0.1, -0.05) is 11.6 Å². The average molecular weight is 479 g/mol. The highest BCUT2D eigenvalue weighted by Crippen LogP contribution is 2.22. The lowest BCUT2D eigenvalue weighted by molar-refractivity contribution is 0.170. The minimum Gasteiger partial charge on any atom is -0.490 e. The second-order valence-corrected chi connectivity index (χ2v) is 9.91. The molecule has 3 heterocycles. The van der Waals surface area contributed by atoms with Crippen molar-refractivity contribution < 1.29 is 17.5 Å². The van der Waals surface area contributed by atoms with Gasteiger partial charge < -0.3 is 9.64 Å². The molecule has 0 unspecified atom stereocenters. The van der Waals surface area contributed by atoms with E-state index >= 15 is 0 Å². The first kappa shape index (κ1) is 22.2. The quantitative estimate of drug-likeness (QED) is 0.556. The van der Waals surface area contributed by atoms with Gasteiger partial charge >= 0.3 is 0 Å². The summed E-state index contributed by atoms with van der Waals surface area (Å²) in [4.78, 5) is 22.9.